The van der Waals surface area contributed by atoms with Crippen molar-refractivity contribution in [1.29, 1.82) is 0 Å². The standard InChI is InChI=1S/3C10H14N2O4.C7H8N2O4.C7H13N.C7H6O2.4C6H8O4.3C2H4O2.6H2N.4Pt/c3*13-8-4-5-9(14)12(8)7-3-1-2-6-11-10(15)16;10-5-1-2-6(11)9(5)4-3-8-7(12)13;1-6-4-2-3-5-7(6)8;8-7(9)6-4-2-1-3-5-6;4*7-4(8)6(5(9)10)2-1-3-6;3*1-2(3)4;;;;;;;;;;/h3*4-5,11H,1-3,6-7H2,(H,15,16);1-2,8H,3-4H2,(H,12,13);6-8H,1-5H2;1-5H,(H,8,9);4*1-3H2,(H,7,8)(H,9,10);3*1H3,(H,3,4);6*1H2;;;;/q;;;;-2;;;;;;;;;6*-1;4*+2/t;;;;6-,7?;;;;;;;;;;;;;;;;;;/m....1................../s1. The maximum atomic E-state index is 11.1. The van der Waals surface area contributed by atoms with Gasteiger partial charge in [0.05, 0.1) is 5.56 Å². The number of carboxylic acids is 12. The molecule has 5 aliphatic carbocycles. The summed E-state index contributed by atoms with van der Waals surface area (Å²) < 4.78 is 0. The molecule has 0 saturated heterocycles. The topological polar surface area (TPSA) is 1020 Å². The molecule has 12 amide bonds. The number of imide groups is 4. The number of benzene rings is 1. The first kappa shape index (κ1) is 156. The van der Waals surface area contributed by atoms with E-state index in [9.17, 15) is 101 Å². The minimum atomic E-state index is -1.44. The normalized spacial score (nSPS) is 15.9. The first-order valence-corrected chi connectivity index (χ1v) is 39.9. The van der Waals surface area contributed by atoms with Gasteiger partial charge in [0.15, 0.2) is 21.7 Å². The summed E-state index contributed by atoms with van der Waals surface area (Å²) in [5, 5.41) is 140. The van der Waals surface area contributed by atoms with E-state index in [4.69, 9.17) is 102 Å². The number of hydrogen-bond donors (Lipinski definition) is 20. The van der Waals surface area contributed by atoms with E-state index in [-0.39, 0.29) is 227 Å². The Labute approximate surface area is 861 Å². The van der Waals surface area contributed by atoms with Gasteiger partial charge in [-0.05, 0) is 147 Å². The summed E-state index contributed by atoms with van der Waals surface area (Å²) >= 11 is 0. The van der Waals surface area contributed by atoms with E-state index in [2.05, 4.69) is 28.2 Å². The Morgan fingerprint density at radius 2 is 0.486 bits per heavy atom. The fraction of sp³-hybridized carbons (Fsp3) is 0.519. The van der Waals surface area contributed by atoms with Gasteiger partial charge in [-0.3, -0.25) is 111 Å². The van der Waals surface area contributed by atoms with Crippen LogP contribution in [0.3, 0.4) is 0 Å². The van der Waals surface area contributed by atoms with Gasteiger partial charge in [-0.15, -0.1) is 0 Å². The smallest absolute Gasteiger partial charge is 0.693 e. The Morgan fingerprint density at radius 1 is 0.300 bits per heavy atom. The van der Waals surface area contributed by atoms with E-state index >= 15 is 0 Å². The van der Waals surface area contributed by atoms with Gasteiger partial charge in [-0.25, -0.2) is 24.0 Å². The van der Waals surface area contributed by atoms with Crippen LogP contribution in [0.5, 0.6) is 0 Å². The van der Waals surface area contributed by atoms with Gasteiger partial charge in [-0.2, -0.15) is 12.0 Å². The second-order valence-corrected chi connectivity index (χ2v) is 28.8. The fourth-order valence-corrected chi connectivity index (χ4v) is 11.2. The van der Waals surface area contributed by atoms with Crippen molar-refractivity contribution in [3.8, 4) is 0 Å². The summed E-state index contributed by atoms with van der Waals surface area (Å²) in [6.07, 6.45) is 21.9. The number of carbonyl (C=O) groups excluding carboxylic acids is 8. The molecule has 2 atom stereocenters. The van der Waals surface area contributed by atoms with Crippen molar-refractivity contribution in [3.63, 3.8) is 0 Å². The predicted octanol–water partition coefficient (Wildman–Crippen LogP) is 9.91. The van der Waals surface area contributed by atoms with Gasteiger partial charge >= 0.3 is 162 Å². The minimum absolute atomic E-state index is 0. The number of nitrogens with two attached hydrogens (primary N) is 6. The zero-order valence-corrected chi connectivity index (χ0v) is 85.3. The molecule has 1 unspecified atom stereocenters. The molecular weight excluding hydrogens is 2600 g/mol. The summed E-state index contributed by atoms with van der Waals surface area (Å²) in [5.41, 5.74) is 1.97. The van der Waals surface area contributed by atoms with Crippen LogP contribution in [-0.4, -0.2) is 303 Å². The number of aromatic carboxylic acids is 1. The van der Waals surface area contributed by atoms with Crippen LogP contribution in [0.1, 0.15) is 192 Å². The molecule has 0 aromatic heterocycles. The SMILES string of the molecule is CC(=O)O.CC(=O)O.CC(=O)O.O=C(O)C1(C(=O)O)CCC1.O=C(O)C1(C(=O)O)CCC1.O=C(O)C1(C(=O)O)CCC1.O=C(O)C1(C(=O)O)CCC1.O=C(O)NCCCCCN1C(=O)C=CC1=O.O=C(O)NCCCCCN1C(=O)C=CC1=O.O=C(O)NCCCCCN1C(=O)C=CC1=O.O=C(O)NCCN1C(=O)C=CC1=O.O=C(O)c1ccccc1.[CH2-][C@@H]1CCCCC1[NH-].[NH2-].[NH2-].[NH2-].[NH2-].[NH2-].[NH2-].[Pt+2].[Pt+2].[Pt+2].[Pt+2]. The molecule has 1 aromatic rings. The van der Waals surface area contributed by atoms with E-state index in [0.29, 0.717) is 115 Å². The van der Waals surface area contributed by atoms with Crippen molar-refractivity contribution in [3.05, 3.63) is 134 Å². The Balaban J connectivity index is -0.000000115. The van der Waals surface area contributed by atoms with Crippen LogP contribution in [0.4, 0.5) is 19.2 Å². The third kappa shape index (κ3) is 63.5. The van der Waals surface area contributed by atoms with Crippen molar-refractivity contribution in [1.82, 2.24) is 40.9 Å². The van der Waals surface area contributed by atoms with Crippen LogP contribution in [0, 0.1) is 34.5 Å². The molecule has 0 spiro atoms. The van der Waals surface area contributed by atoms with E-state index in [1.54, 1.807) is 30.3 Å². The first-order chi connectivity index (χ1) is 60.6. The molecule has 5 saturated carbocycles. The van der Waals surface area contributed by atoms with Gasteiger partial charge in [0.25, 0.3) is 65.2 Å². The molecule has 804 valence electrons. The fourth-order valence-electron chi connectivity index (χ4n) is 11.2. The molecule has 140 heavy (non-hydrogen) atoms. The van der Waals surface area contributed by atoms with Crippen molar-refractivity contribution in [2.24, 2.45) is 27.6 Å². The van der Waals surface area contributed by atoms with Gasteiger partial charge in [0.2, 0.25) is 0 Å². The predicted molar refractivity (Wildman–Crippen MR) is 476 cm³/mol. The molecule has 4 aliphatic heterocycles. The third-order valence-corrected chi connectivity index (χ3v) is 19.3. The van der Waals surface area contributed by atoms with Crippen LogP contribution >= 0.6 is 0 Å². The zero-order valence-electron chi connectivity index (χ0n) is 76.2. The van der Waals surface area contributed by atoms with Crippen LogP contribution in [0.2, 0.25) is 0 Å². The average Bonchev–Trinajstić information content (AvgIpc) is 1.15. The maximum absolute atomic E-state index is 11.1. The third-order valence-electron chi connectivity index (χ3n) is 19.3. The molecule has 5 fully saturated rings. The van der Waals surface area contributed by atoms with E-state index in [1.165, 1.54) is 70.4 Å². The second kappa shape index (κ2) is 83.9. The number of unbranched alkanes of at least 4 members (excludes halogenated alkanes) is 6. The van der Waals surface area contributed by atoms with Crippen LogP contribution in [-0.2, 0) is 175 Å². The Kier molecular flexibility index (Phi) is 93.5. The van der Waals surface area contributed by atoms with E-state index < -0.39 is 129 Å². The molecule has 55 nitrogen and oxygen atoms in total. The van der Waals surface area contributed by atoms with Gasteiger partial charge in [-0.1, -0.05) is 43.9 Å². The average molecular weight is 2730 g/mol. The Morgan fingerprint density at radius 3 is 0.621 bits per heavy atom. The number of amides is 12. The van der Waals surface area contributed by atoms with Crippen molar-refractivity contribution in [2.75, 3.05) is 52.4 Å². The quantitative estimate of drug-likeness (QED) is 0.0147. The number of hydrogen-bond acceptors (Lipinski definition) is 24. The van der Waals surface area contributed by atoms with Gasteiger partial charge < -0.3 is 153 Å². The molecule has 1 aromatic carbocycles. The van der Waals surface area contributed by atoms with E-state index in [0.717, 1.165) is 63.5 Å². The molecule has 59 heteroatoms. The van der Waals surface area contributed by atoms with Crippen molar-refractivity contribution >= 4 is 143 Å². The minimum Gasteiger partial charge on any atom is -0.693 e. The number of nitrogens with zero attached hydrogens (tertiary/aromatic N) is 4. The number of carbonyl (C=O) groups is 24. The molecular formula is C81H125N15O40Pt4. The molecule has 9 aliphatic rings. The first-order valence-electron chi connectivity index (χ1n) is 39.9. The summed E-state index contributed by atoms with van der Waals surface area (Å²) in [7, 11) is 0. The number of nitrogens with one attached hydrogen (secondary N) is 5. The maximum Gasteiger partial charge on any atom is 2.00 e. The zero-order chi connectivity index (χ0) is 100. The molecule has 0 bridgehead atoms. The van der Waals surface area contributed by atoms with Crippen molar-refractivity contribution in [2.45, 2.75) is 187 Å². The Bertz CT molecular complexity index is 3740. The number of carboxylic acid groups (broad SMARTS) is 16. The van der Waals surface area contributed by atoms with Gasteiger partial charge in [0.1, 0.15) is 0 Å². The summed E-state index contributed by atoms with van der Waals surface area (Å²) in [6, 6.07) is 8.44. The summed E-state index contributed by atoms with van der Waals surface area (Å²) in [6.45, 7) is 9.65. The molecule has 10 rings (SSSR count). The number of aliphatic carboxylic acids is 11. The molecule has 4 heterocycles. The summed E-state index contributed by atoms with van der Waals surface area (Å²) in [4.78, 5) is 254. The molecule has 0 radical (unpaired) electrons. The van der Waals surface area contributed by atoms with Gasteiger partial charge in [0, 0.05) is 122 Å². The summed E-state index contributed by atoms with van der Waals surface area (Å²) in [5.74, 6) is -15.0. The van der Waals surface area contributed by atoms with Crippen LogP contribution < -0.4 is 21.3 Å². The van der Waals surface area contributed by atoms with Crippen LogP contribution in [0.25, 0.3) is 42.6 Å². The molecule has 33 N–H and O–H groups in total. The van der Waals surface area contributed by atoms with E-state index in [1.807, 2.05) is 0 Å². The second-order valence-electron chi connectivity index (χ2n) is 28.8. The monoisotopic (exact) mass is 2730 g/mol. The Hall–Kier alpha value is -12.1. The number of rotatable bonds is 30. The largest absolute Gasteiger partial charge is 2.00 e. The van der Waals surface area contributed by atoms with Crippen molar-refractivity contribution < 1.29 is 281 Å². The van der Waals surface area contributed by atoms with Crippen LogP contribution in [0.15, 0.2) is 78.9 Å².